The molecule has 9 heteroatoms. The van der Waals surface area contributed by atoms with Gasteiger partial charge in [-0.1, -0.05) is 0 Å². The van der Waals surface area contributed by atoms with E-state index >= 15 is 0 Å². The van der Waals surface area contributed by atoms with Gasteiger partial charge in [0.1, 0.15) is 5.56 Å². The summed E-state index contributed by atoms with van der Waals surface area (Å²) in [6.45, 7) is 2.85. The van der Waals surface area contributed by atoms with Crippen LogP contribution in [0.2, 0.25) is 0 Å². The summed E-state index contributed by atoms with van der Waals surface area (Å²) in [5.74, 6) is 3.61. The first-order chi connectivity index (χ1) is 12.4. The molecule has 1 atom stereocenters. The van der Waals surface area contributed by atoms with Gasteiger partial charge in [0.15, 0.2) is 5.82 Å². The van der Waals surface area contributed by atoms with Crippen LogP contribution in [0.5, 0.6) is 0 Å². The number of nitrogens with two attached hydrogens (primary N) is 1. The van der Waals surface area contributed by atoms with Gasteiger partial charge >= 0.3 is 5.97 Å². The molecule has 2 aliphatic rings. The number of nitrogens with zero attached hydrogens (tertiary/aromatic N) is 2. The number of carboxylic acids is 1. The molecule has 4 rings (SSSR count). The predicted octanol–water partition coefficient (Wildman–Crippen LogP) is 2.21. The van der Waals surface area contributed by atoms with Crippen molar-refractivity contribution in [1.82, 2.24) is 4.40 Å². The van der Waals surface area contributed by atoms with Crippen molar-refractivity contribution in [3.05, 3.63) is 45.1 Å². The number of rotatable bonds is 4. The highest BCUT2D eigenvalue weighted by Crippen LogP contribution is 2.44. The number of hydrogen-bond acceptors (Lipinski definition) is 5. The van der Waals surface area contributed by atoms with Crippen LogP contribution in [0.3, 0.4) is 0 Å². The molecule has 7 nitrogen and oxygen atoms in total. The second-order valence-electron chi connectivity index (χ2n) is 7.06. The minimum absolute atomic E-state index is 0. The zero-order chi connectivity index (χ0) is 18.6. The number of aromatic carboxylic acids is 1. The standard InChI is InChI=1S/C18H20FN3O4.ClH/c1-9-15-12(10-2-3-10)6-13(18(24)25)17(23)22(15)8-14(19)16(9)21-5-4-11(7-21)26-20;/h6,8,10-11H,2-5,7,20H2,1H3,(H,24,25);1H/t11-;/m1./s1. The summed E-state index contributed by atoms with van der Waals surface area (Å²) in [4.78, 5) is 30.7. The van der Waals surface area contributed by atoms with Crippen LogP contribution in [0.15, 0.2) is 17.1 Å². The van der Waals surface area contributed by atoms with Gasteiger partial charge in [0.05, 0.1) is 23.5 Å². The van der Waals surface area contributed by atoms with Gasteiger partial charge in [0.2, 0.25) is 0 Å². The molecule has 1 aliphatic carbocycles. The maximum Gasteiger partial charge on any atom is 0.341 e. The lowest BCUT2D eigenvalue weighted by Gasteiger charge is -2.24. The fraction of sp³-hybridized carbons (Fsp3) is 0.444. The van der Waals surface area contributed by atoms with E-state index in [4.69, 9.17) is 10.7 Å². The Morgan fingerprint density at radius 3 is 2.63 bits per heavy atom. The fourth-order valence-electron chi connectivity index (χ4n) is 3.93. The molecule has 2 fully saturated rings. The van der Waals surface area contributed by atoms with E-state index in [2.05, 4.69) is 0 Å². The van der Waals surface area contributed by atoms with Gasteiger partial charge in [0, 0.05) is 13.1 Å². The highest BCUT2D eigenvalue weighted by atomic mass is 35.5. The van der Waals surface area contributed by atoms with Gasteiger partial charge in [-0.25, -0.2) is 15.1 Å². The third kappa shape index (κ3) is 3.18. The Balaban J connectivity index is 0.00000210. The minimum atomic E-state index is -1.30. The first-order valence-electron chi connectivity index (χ1n) is 8.64. The van der Waals surface area contributed by atoms with Crippen molar-refractivity contribution >= 4 is 29.6 Å². The summed E-state index contributed by atoms with van der Waals surface area (Å²) in [6.07, 6.45) is 3.51. The molecule has 0 radical (unpaired) electrons. The predicted molar refractivity (Wildman–Crippen MR) is 100 cm³/mol. The van der Waals surface area contributed by atoms with Crippen LogP contribution >= 0.6 is 12.4 Å². The number of fused-ring (bicyclic) bond motifs is 1. The molecule has 2 aromatic rings. The van der Waals surface area contributed by atoms with Gasteiger partial charge in [-0.15, -0.1) is 12.4 Å². The molecule has 3 N–H and O–H groups in total. The van der Waals surface area contributed by atoms with E-state index in [1.807, 2.05) is 4.90 Å². The number of anilines is 1. The van der Waals surface area contributed by atoms with E-state index in [0.717, 1.165) is 29.0 Å². The maximum atomic E-state index is 14.9. The molecule has 1 aliphatic heterocycles. The molecule has 0 amide bonds. The maximum absolute atomic E-state index is 14.9. The lowest BCUT2D eigenvalue weighted by atomic mass is 10.0. The van der Waals surface area contributed by atoms with E-state index in [-0.39, 0.29) is 30.0 Å². The van der Waals surface area contributed by atoms with E-state index in [1.165, 1.54) is 6.07 Å². The number of pyridine rings is 2. The van der Waals surface area contributed by atoms with Crippen molar-refractivity contribution in [2.45, 2.75) is 38.2 Å². The number of hydrogen-bond donors (Lipinski definition) is 2. The Morgan fingerprint density at radius 1 is 1.37 bits per heavy atom. The Hall–Kier alpha value is -2.16. The number of carboxylic acid groups (broad SMARTS) is 1. The average molecular weight is 398 g/mol. The van der Waals surface area contributed by atoms with Gasteiger partial charge in [-0.2, -0.15) is 0 Å². The van der Waals surface area contributed by atoms with Crippen molar-refractivity contribution in [3.8, 4) is 0 Å². The Morgan fingerprint density at radius 2 is 2.07 bits per heavy atom. The van der Waals surface area contributed by atoms with Gasteiger partial charge in [-0.05, 0) is 49.3 Å². The molecule has 27 heavy (non-hydrogen) atoms. The van der Waals surface area contributed by atoms with E-state index in [9.17, 15) is 19.1 Å². The van der Waals surface area contributed by atoms with E-state index in [1.54, 1.807) is 6.92 Å². The topological polar surface area (TPSA) is 97.3 Å². The highest BCUT2D eigenvalue weighted by Gasteiger charge is 2.32. The first-order valence-corrected chi connectivity index (χ1v) is 8.64. The molecular weight excluding hydrogens is 377 g/mol. The monoisotopic (exact) mass is 397 g/mol. The van der Waals surface area contributed by atoms with E-state index < -0.39 is 17.3 Å². The summed E-state index contributed by atoms with van der Waals surface area (Å²) in [7, 11) is 0. The summed E-state index contributed by atoms with van der Waals surface area (Å²) in [5.41, 5.74) is 1.43. The Kier molecular flexibility index (Phi) is 5.16. The summed E-state index contributed by atoms with van der Waals surface area (Å²) >= 11 is 0. The van der Waals surface area contributed by atoms with Crippen molar-refractivity contribution in [2.24, 2.45) is 5.90 Å². The lowest BCUT2D eigenvalue weighted by molar-refractivity contribution is 0.0688. The zero-order valence-electron chi connectivity index (χ0n) is 14.8. The molecule has 0 spiro atoms. The second kappa shape index (κ2) is 7.10. The number of halogens is 2. The molecule has 146 valence electrons. The molecule has 3 heterocycles. The first kappa shape index (κ1) is 19.6. The molecule has 0 unspecified atom stereocenters. The third-order valence-electron chi connectivity index (χ3n) is 5.34. The minimum Gasteiger partial charge on any atom is -0.477 e. The summed E-state index contributed by atoms with van der Waals surface area (Å²) in [5, 5.41) is 9.33. The third-order valence-corrected chi connectivity index (χ3v) is 5.34. The summed E-state index contributed by atoms with van der Waals surface area (Å²) in [6, 6.07) is 1.46. The number of aryl methyl sites for hydroxylation is 1. The lowest BCUT2D eigenvalue weighted by Crippen LogP contribution is -2.28. The molecule has 0 aromatic carbocycles. The Bertz CT molecular complexity index is 973. The van der Waals surface area contributed by atoms with Crippen molar-refractivity contribution in [2.75, 3.05) is 18.0 Å². The van der Waals surface area contributed by atoms with Crippen LogP contribution in [-0.4, -0.2) is 34.7 Å². The number of aromatic nitrogens is 1. The largest absolute Gasteiger partial charge is 0.477 e. The smallest absolute Gasteiger partial charge is 0.341 e. The molecular formula is C18H21ClFN3O4. The highest BCUT2D eigenvalue weighted by molar-refractivity contribution is 5.89. The van der Waals surface area contributed by atoms with Crippen LogP contribution in [0, 0.1) is 12.7 Å². The van der Waals surface area contributed by atoms with Crippen LogP contribution in [0.4, 0.5) is 10.1 Å². The van der Waals surface area contributed by atoms with Crippen molar-refractivity contribution < 1.29 is 19.1 Å². The molecule has 1 saturated carbocycles. The zero-order valence-corrected chi connectivity index (χ0v) is 15.6. The second-order valence-corrected chi connectivity index (χ2v) is 7.06. The van der Waals surface area contributed by atoms with Crippen LogP contribution in [0.1, 0.15) is 46.7 Å². The molecule has 0 bridgehead atoms. The molecule has 2 aromatic heterocycles. The summed E-state index contributed by atoms with van der Waals surface area (Å²) < 4.78 is 16.1. The van der Waals surface area contributed by atoms with Crippen LogP contribution < -0.4 is 16.4 Å². The van der Waals surface area contributed by atoms with Crippen molar-refractivity contribution in [3.63, 3.8) is 0 Å². The van der Waals surface area contributed by atoms with Crippen molar-refractivity contribution in [1.29, 1.82) is 0 Å². The average Bonchev–Trinajstić information content (AvgIpc) is 3.33. The molecule has 1 saturated heterocycles. The normalized spacial score (nSPS) is 19.4. The van der Waals surface area contributed by atoms with E-state index in [0.29, 0.717) is 36.3 Å². The van der Waals surface area contributed by atoms with Crippen LogP contribution in [0.25, 0.3) is 5.52 Å². The number of carbonyl (C=O) groups is 1. The van der Waals surface area contributed by atoms with Crippen LogP contribution in [-0.2, 0) is 4.84 Å². The van der Waals surface area contributed by atoms with Gasteiger partial charge in [0.25, 0.3) is 5.56 Å². The fourth-order valence-corrected chi connectivity index (χ4v) is 3.93. The Labute approximate surface area is 160 Å². The van der Waals surface area contributed by atoms with Gasteiger partial charge in [-0.3, -0.25) is 14.0 Å². The SMILES string of the molecule is Cc1c(N2CC[C@@H](ON)C2)c(F)cn2c(=O)c(C(=O)O)cc(C3CC3)c12.Cl. The van der Waals surface area contributed by atoms with Gasteiger partial charge < -0.3 is 10.0 Å². The quantitative estimate of drug-likeness (QED) is 0.768.